The van der Waals surface area contributed by atoms with Crippen LogP contribution in [0.15, 0.2) is 0 Å². The van der Waals surface area contributed by atoms with E-state index in [1.165, 1.54) is 0 Å². The molecule has 3 nitrogen and oxygen atoms in total. The summed E-state index contributed by atoms with van der Waals surface area (Å²) in [6.45, 7) is 3.51. The quantitative estimate of drug-likeness (QED) is 0.406. The maximum absolute atomic E-state index is 10.1. The van der Waals surface area contributed by atoms with Gasteiger partial charge in [-0.2, -0.15) is 0 Å². The minimum absolute atomic E-state index is 0. The molecule has 0 aromatic rings. The van der Waals surface area contributed by atoms with Gasteiger partial charge in [0.2, 0.25) is 0 Å². The van der Waals surface area contributed by atoms with Crippen molar-refractivity contribution >= 4 is 35.5 Å². The smallest absolute Gasteiger partial charge is 0.335 e. The van der Waals surface area contributed by atoms with E-state index in [4.69, 9.17) is 9.84 Å². The summed E-state index contributed by atoms with van der Waals surface area (Å²) in [4.78, 5) is 10.1. The van der Waals surface area contributed by atoms with E-state index in [0.29, 0.717) is 0 Å². The second-order valence-corrected chi connectivity index (χ2v) is 2.44. The molecule has 1 saturated heterocycles. The molecule has 0 saturated carbocycles. The van der Waals surface area contributed by atoms with Crippen LogP contribution in [0.3, 0.4) is 0 Å². The van der Waals surface area contributed by atoms with Crippen molar-refractivity contribution in [2.45, 2.75) is 25.6 Å². The Morgan fingerprint density at radius 1 is 1.67 bits per heavy atom. The SMILES string of the molecule is CC1(C)OC1C(=O)O.[Na]. The number of carboxylic acids is 1. The van der Waals surface area contributed by atoms with E-state index in [1.807, 2.05) is 0 Å². The van der Waals surface area contributed by atoms with Gasteiger partial charge in [-0.05, 0) is 13.8 Å². The van der Waals surface area contributed by atoms with E-state index in [9.17, 15) is 4.79 Å². The van der Waals surface area contributed by atoms with Crippen molar-refractivity contribution in [1.29, 1.82) is 0 Å². The van der Waals surface area contributed by atoms with E-state index < -0.39 is 17.7 Å². The summed E-state index contributed by atoms with van der Waals surface area (Å²) in [5.74, 6) is -0.866. The van der Waals surface area contributed by atoms with Gasteiger partial charge < -0.3 is 9.84 Å². The maximum Gasteiger partial charge on any atom is 0.335 e. The third kappa shape index (κ3) is 1.93. The van der Waals surface area contributed by atoms with E-state index in [-0.39, 0.29) is 29.6 Å². The summed E-state index contributed by atoms with van der Waals surface area (Å²) >= 11 is 0. The molecule has 0 aromatic heterocycles. The number of hydrogen-bond acceptors (Lipinski definition) is 2. The summed E-state index contributed by atoms with van der Waals surface area (Å²) in [6.07, 6.45) is -0.567. The van der Waals surface area contributed by atoms with Gasteiger partial charge in [-0.1, -0.05) is 0 Å². The molecule has 1 N–H and O–H groups in total. The summed E-state index contributed by atoms with van der Waals surface area (Å²) in [7, 11) is 0. The van der Waals surface area contributed by atoms with Crippen molar-refractivity contribution in [3.63, 3.8) is 0 Å². The van der Waals surface area contributed by atoms with Crippen LogP contribution < -0.4 is 0 Å². The average Bonchev–Trinajstić information content (AvgIpc) is 2.13. The zero-order chi connectivity index (χ0) is 6.36. The van der Waals surface area contributed by atoms with E-state index in [1.54, 1.807) is 13.8 Å². The van der Waals surface area contributed by atoms with Gasteiger partial charge in [0.15, 0.2) is 6.10 Å². The molecule has 9 heavy (non-hydrogen) atoms. The van der Waals surface area contributed by atoms with E-state index in [0.717, 1.165) is 0 Å². The van der Waals surface area contributed by atoms with Crippen LogP contribution in [-0.4, -0.2) is 52.3 Å². The number of carboxylic acid groups (broad SMARTS) is 1. The van der Waals surface area contributed by atoms with E-state index >= 15 is 0 Å². The number of ether oxygens (including phenoxy) is 1. The third-order valence-electron chi connectivity index (χ3n) is 1.22. The topological polar surface area (TPSA) is 49.8 Å². The van der Waals surface area contributed by atoms with Crippen LogP contribution in [0.4, 0.5) is 0 Å². The van der Waals surface area contributed by atoms with Gasteiger partial charge >= 0.3 is 5.97 Å². The number of rotatable bonds is 1. The molecule has 0 amide bonds. The number of aliphatic carboxylic acids is 1. The Morgan fingerprint density at radius 2 is 2.00 bits per heavy atom. The first-order chi connectivity index (χ1) is 3.54. The van der Waals surface area contributed by atoms with Crippen molar-refractivity contribution in [3.05, 3.63) is 0 Å². The molecule has 1 heterocycles. The van der Waals surface area contributed by atoms with Gasteiger partial charge in [0.05, 0.1) is 0 Å². The molecular formula is C5H8NaO3. The predicted octanol–water partition coefficient (Wildman–Crippen LogP) is -0.132. The van der Waals surface area contributed by atoms with Crippen LogP contribution in [0.5, 0.6) is 0 Å². The molecule has 1 radical (unpaired) electrons. The summed E-state index contributed by atoms with van der Waals surface area (Å²) in [5.41, 5.74) is -0.411. The Hall–Kier alpha value is 0.430. The summed E-state index contributed by atoms with van der Waals surface area (Å²) in [5, 5.41) is 8.26. The van der Waals surface area contributed by atoms with Gasteiger partial charge in [0.1, 0.15) is 5.60 Å². The summed E-state index contributed by atoms with van der Waals surface area (Å²) < 4.78 is 4.77. The van der Waals surface area contributed by atoms with E-state index in [2.05, 4.69) is 0 Å². The largest absolute Gasteiger partial charge is 0.479 e. The first-order valence-corrected chi connectivity index (χ1v) is 2.44. The van der Waals surface area contributed by atoms with Crippen LogP contribution in [0.25, 0.3) is 0 Å². The van der Waals surface area contributed by atoms with Gasteiger partial charge in [0, 0.05) is 29.6 Å². The first-order valence-electron chi connectivity index (χ1n) is 2.44. The van der Waals surface area contributed by atoms with Crippen molar-refractivity contribution < 1.29 is 14.6 Å². The second kappa shape index (κ2) is 2.58. The average molecular weight is 139 g/mol. The standard InChI is InChI=1S/C5H8O3.Na/c1-5(2)3(8-5)4(6)7;/h3H,1-2H3,(H,6,7);. The Balaban J connectivity index is 0.000000640. The fraction of sp³-hybridized carbons (Fsp3) is 0.800. The summed E-state index contributed by atoms with van der Waals surface area (Å²) in [6, 6.07) is 0. The minimum atomic E-state index is -0.866. The van der Waals surface area contributed by atoms with Crippen LogP contribution >= 0.6 is 0 Å². The molecule has 0 spiro atoms. The molecule has 0 aromatic carbocycles. The molecular weight excluding hydrogens is 131 g/mol. The zero-order valence-corrected chi connectivity index (χ0v) is 7.84. The number of carbonyl (C=O) groups is 1. The fourth-order valence-corrected chi connectivity index (χ4v) is 0.617. The minimum Gasteiger partial charge on any atom is -0.479 e. The predicted molar refractivity (Wildman–Crippen MR) is 32.3 cm³/mol. The first kappa shape index (κ1) is 9.43. The molecule has 1 fully saturated rings. The Labute approximate surface area is 75.7 Å². The zero-order valence-electron chi connectivity index (χ0n) is 5.84. The third-order valence-corrected chi connectivity index (χ3v) is 1.22. The van der Waals surface area contributed by atoms with Crippen LogP contribution in [0.2, 0.25) is 0 Å². The normalized spacial score (nSPS) is 28.4. The Morgan fingerprint density at radius 3 is 2.00 bits per heavy atom. The van der Waals surface area contributed by atoms with Crippen LogP contribution in [0, 0.1) is 0 Å². The number of epoxide rings is 1. The van der Waals surface area contributed by atoms with Crippen LogP contribution in [-0.2, 0) is 9.53 Å². The van der Waals surface area contributed by atoms with Gasteiger partial charge in [0.25, 0.3) is 0 Å². The Kier molecular flexibility index (Phi) is 2.70. The van der Waals surface area contributed by atoms with Crippen LogP contribution in [0.1, 0.15) is 13.8 Å². The molecule has 1 aliphatic heterocycles. The number of hydrogen-bond donors (Lipinski definition) is 1. The second-order valence-electron chi connectivity index (χ2n) is 2.44. The molecule has 47 valence electrons. The van der Waals surface area contributed by atoms with Crippen molar-refractivity contribution in [2.24, 2.45) is 0 Å². The molecule has 1 unspecified atom stereocenters. The van der Waals surface area contributed by atoms with Gasteiger partial charge in [-0.25, -0.2) is 4.79 Å². The molecule has 0 aliphatic carbocycles. The van der Waals surface area contributed by atoms with Crippen molar-refractivity contribution in [2.75, 3.05) is 0 Å². The fourth-order valence-electron chi connectivity index (χ4n) is 0.617. The molecule has 1 aliphatic rings. The van der Waals surface area contributed by atoms with Gasteiger partial charge in [-0.15, -0.1) is 0 Å². The van der Waals surface area contributed by atoms with Crippen molar-refractivity contribution in [3.8, 4) is 0 Å². The monoisotopic (exact) mass is 139 g/mol. The van der Waals surface area contributed by atoms with Crippen molar-refractivity contribution in [1.82, 2.24) is 0 Å². The maximum atomic E-state index is 10.1. The molecule has 4 heteroatoms. The van der Waals surface area contributed by atoms with Gasteiger partial charge in [-0.3, -0.25) is 0 Å². The Bertz CT molecular complexity index is 132. The molecule has 1 rings (SSSR count). The molecule has 1 atom stereocenters. The molecule has 0 bridgehead atoms.